The second-order valence-corrected chi connectivity index (χ2v) is 4.98. The molecule has 0 amide bonds. The topological polar surface area (TPSA) is 29.3 Å². The van der Waals surface area contributed by atoms with Gasteiger partial charge in [0, 0.05) is 23.7 Å². The molecule has 0 aliphatic carbocycles. The zero-order valence-electron chi connectivity index (χ0n) is 9.39. The molecule has 0 bridgehead atoms. The molecule has 0 aliphatic heterocycles. The van der Waals surface area contributed by atoms with E-state index in [1.807, 2.05) is 18.2 Å². The monoisotopic (exact) mass is 232 g/mol. The van der Waals surface area contributed by atoms with Crippen LogP contribution in [0.5, 0.6) is 0 Å². The van der Waals surface area contributed by atoms with E-state index in [1.165, 1.54) is 10.4 Å². The number of rotatable bonds is 4. The molecule has 2 nitrogen and oxygen atoms in total. The van der Waals surface area contributed by atoms with E-state index in [9.17, 15) is 0 Å². The molecule has 0 unspecified atom stereocenters. The molecule has 3 heteroatoms. The predicted molar refractivity (Wildman–Crippen MR) is 70.3 cm³/mol. The van der Waals surface area contributed by atoms with Crippen LogP contribution < -0.4 is 5.73 Å². The average Bonchev–Trinajstić information content (AvgIpc) is 2.74. The van der Waals surface area contributed by atoms with E-state index in [1.54, 1.807) is 11.3 Å². The molecule has 0 atom stereocenters. The highest BCUT2D eigenvalue weighted by atomic mass is 32.1. The van der Waals surface area contributed by atoms with E-state index >= 15 is 0 Å². The number of nitrogen functional groups attached to an aromatic ring is 1. The van der Waals surface area contributed by atoms with Gasteiger partial charge in [-0.05, 0) is 30.1 Å². The number of thiophene rings is 1. The Bertz CT molecular complexity index is 437. The quantitative estimate of drug-likeness (QED) is 0.821. The summed E-state index contributed by atoms with van der Waals surface area (Å²) in [4.78, 5) is 3.66. The van der Waals surface area contributed by atoms with Gasteiger partial charge < -0.3 is 5.73 Å². The molecule has 1 aromatic carbocycles. The Morgan fingerprint density at radius 2 is 1.94 bits per heavy atom. The van der Waals surface area contributed by atoms with Crippen molar-refractivity contribution in [3.63, 3.8) is 0 Å². The molecule has 0 saturated heterocycles. The third-order valence-corrected chi connectivity index (χ3v) is 3.36. The van der Waals surface area contributed by atoms with E-state index in [0.717, 1.165) is 18.8 Å². The molecule has 0 fully saturated rings. The van der Waals surface area contributed by atoms with Gasteiger partial charge in [-0.1, -0.05) is 24.3 Å². The van der Waals surface area contributed by atoms with Crippen molar-refractivity contribution in [2.75, 3.05) is 12.8 Å². The SMILES string of the molecule is CN(Cc1cccs1)Cc1ccccc1N. The van der Waals surface area contributed by atoms with Crippen LogP contribution in [0.2, 0.25) is 0 Å². The highest BCUT2D eigenvalue weighted by Crippen LogP contribution is 2.16. The fourth-order valence-corrected chi connectivity index (χ4v) is 2.48. The smallest absolute Gasteiger partial charge is 0.0359 e. The van der Waals surface area contributed by atoms with E-state index in [2.05, 4.69) is 35.5 Å². The summed E-state index contributed by atoms with van der Waals surface area (Å²) in [5.41, 5.74) is 7.99. The van der Waals surface area contributed by atoms with Crippen molar-refractivity contribution in [1.82, 2.24) is 4.90 Å². The molecular weight excluding hydrogens is 216 g/mol. The zero-order chi connectivity index (χ0) is 11.4. The van der Waals surface area contributed by atoms with Crippen LogP contribution in [0, 0.1) is 0 Å². The Kier molecular flexibility index (Phi) is 3.59. The molecule has 1 aromatic heterocycles. The van der Waals surface area contributed by atoms with Crippen molar-refractivity contribution in [3.8, 4) is 0 Å². The summed E-state index contributed by atoms with van der Waals surface area (Å²) in [6, 6.07) is 12.3. The lowest BCUT2D eigenvalue weighted by Crippen LogP contribution is -2.17. The third kappa shape index (κ3) is 2.84. The van der Waals surface area contributed by atoms with Crippen molar-refractivity contribution in [2.24, 2.45) is 0 Å². The van der Waals surface area contributed by atoms with Gasteiger partial charge in [-0.3, -0.25) is 4.90 Å². The fraction of sp³-hybridized carbons (Fsp3) is 0.231. The van der Waals surface area contributed by atoms with Crippen molar-refractivity contribution >= 4 is 17.0 Å². The van der Waals surface area contributed by atoms with Gasteiger partial charge >= 0.3 is 0 Å². The summed E-state index contributed by atoms with van der Waals surface area (Å²) in [5.74, 6) is 0. The number of hydrogen-bond acceptors (Lipinski definition) is 3. The minimum absolute atomic E-state index is 0.875. The number of anilines is 1. The van der Waals surface area contributed by atoms with Crippen molar-refractivity contribution in [2.45, 2.75) is 13.1 Å². The van der Waals surface area contributed by atoms with Gasteiger partial charge in [0.2, 0.25) is 0 Å². The summed E-state index contributed by atoms with van der Waals surface area (Å²) in [7, 11) is 2.12. The third-order valence-electron chi connectivity index (χ3n) is 2.50. The van der Waals surface area contributed by atoms with E-state index in [4.69, 9.17) is 5.73 Å². The van der Waals surface area contributed by atoms with Gasteiger partial charge in [0.25, 0.3) is 0 Å². The Balaban J connectivity index is 1.97. The van der Waals surface area contributed by atoms with Crippen LogP contribution in [-0.2, 0) is 13.1 Å². The largest absolute Gasteiger partial charge is 0.398 e. The van der Waals surface area contributed by atoms with E-state index < -0.39 is 0 Å². The summed E-state index contributed by atoms with van der Waals surface area (Å²) >= 11 is 1.79. The minimum Gasteiger partial charge on any atom is -0.398 e. The normalized spacial score (nSPS) is 10.9. The van der Waals surface area contributed by atoms with Crippen LogP contribution in [0.25, 0.3) is 0 Å². The molecule has 2 rings (SSSR count). The number of benzene rings is 1. The molecule has 0 spiro atoms. The van der Waals surface area contributed by atoms with Crippen LogP contribution in [0.1, 0.15) is 10.4 Å². The van der Waals surface area contributed by atoms with E-state index in [0.29, 0.717) is 0 Å². The van der Waals surface area contributed by atoms with E-state index in [-0.39, 0.29) is 0 Å². The Morgan fingerprint density at radius 1 is 1.12 bits per heavy atom. The molecule has 0 radical (unpaired) electrons. The average molecular weight is 232 g/mol. The van der Waals surface area contributed by atoms with Crippen molar-refractivity contribution < 1.29 is 0 Å². The maximum atomic E-state index is 5.92. The Hall–Kier alpha value is -1.32. The number of nitrogens with zero attached hydrogens (tertiary/aromatic N) is 1. The molecule has 2 aromatic rings. The molecule has 84 valence electrons. The number of nitrogens with two attached hydrogens (primary N) is 1. The standard InChI is InChI=1S/C13H16N2S/c1-15(10-12-6-4-8-16-12)9-11-5-2-3-7-13(11)14/h2-8H,9-10,14H2,1H3. The van der Waals surface area contributed by atoms with Gasteiger partial charge in [-0.15, -0.1) is 11.3 Å². The second-order valence-electron chi connectivity index (χ2n) is 3.95. The highest BCUT2D eigenvalue weighted by Gasteiger charge is 2.04. The van der Waals surface area contributed by atoms with Crippen molar-refractivity contribution in [1.29, 1.82) is 0 Å². The summed E-state index contributed by atoms with van der Waals surface area (Å²) in [6.45, 7) is 1.87. The molecule has 2 N–H and O–H groups in total. The molecule has 1 heterocycles. The summed E-state index contributed by atoms with van der Waals surface area (Å²) in [6.07, 6.45) is 0. The van der Waals surface area contributed by atoms with Crippen LogP contribution >= 0.6 is 11.3 Å². The molecule has 0 saturated carbocycles. The fourth-order valence-electron chi connectivity index (χ4n) is 1.69. The Labute approximate surface area is 100 Å². The summed E-state index contributed by atoms with van der Waals surface area (Å²) < 4.78 is 0. The van der Waals surface area contributed by atoms with Crippen LogP contribution in [0.15, 0.2) is 41.8 Å². The zero-order valence-corrected chi connectivity index (χ0v) is 10.2. The highest BCUT2D eigenvalue weighted by molar-refractivity contribution is 7.09. The second kappa shape index (κ2) is 5.14. The van der Waals surface area contributed by atoms with Crippen molar-refractivity contribution in [3.05, 3.63) is 52.2 Å². The first kappa shape index (κ1) is 11.2. The van der Waals surface area contributed by atoms with Gasteiger partial charge in [0.15, 0.2) is 0 Å². The first-order valence-corrected chi connectivity index (χ1v) is 6.18. The predicted octanol–water partition coefficient (Wildman–Crippen LogP) is 2.96. The van der Waals surface area contributed by atoms with Crippen LogP contribution in [0.3, 0.4) is 0 Å². The van der Waals surface area contributed by atoms with Crippen LogP contribution in [-0.4, -0.2) is 11.9 Å². The van der Waals surface area contributed by atoms with Crippen LogP contribution in [0.4, 0.5) is 5.69 Å². The number of para-hydroxylation sites is 1. The lowest BCUT2D eigenvalue weighted by molar-refractivity contribution is 0.322. The maximum absolute atomic E-state index is 5.92. The molecule has 0 aliphatic rings. The molecular formula is C13H16N2S. The lowest BCUT2D eigenvalue weighted by Gasteiger charge is -2.16. The van der Waals surface area contributed by atoms with Gasteiger partial charge in [0.05, 0.1) is 0 Å². The number of hydrogen-bond donors (Lipinski definition) is 1. The lowest BCUT2D eigenvalue weighted by atomic mass is 10.2. The minimum atomic E-state index is 0.875. The van der Waals surface area contributed by atoms with Gasteiger partial charge in [-0.25, -0.2) is 0 Å². The molecule has 16 heavy (non-hydrogen) atoms. The summed E-state index contributed by atoms with van der Waals surface area (Å²) in [5, 5.41) is 2.11. The van der Waals surface area contributed by atoms with Gasteiger partial charge in [0.1, 0.15) is 0 Å². The first-order chi connectivity index (χ1) is 7.75. The van der Waals surface area contributed by atoms with Gasteiger partial charge in [-0.2, -0.15) is 0 Å². The Morgan fingerprint density at radius 3 is 2.62 bits per heavy atom. The maximum Gasteiger partial charge on any atom is 0.0359 e. The first-order valence-electron chi connectivity index (χ1n) is 5.30.